The van der Waals surface area contributed by atoms with E-state index in [1.54, 1.807) is 31.4 Å². The molecule has 0 aliphatic heterocycles. The summed E-state index contributed by atoms with van der Waals surface area (Å²) < 4.78 is 10.2. The average molecular weight is 319 g/mol. The van der Waals surface area contributed by atoms with Gasteiger partial charge in [-0.25, -0.2) is 0 Å². The van der Waals surface area contributed by atoms with Crippen LogP contribution in [0.5, 0.6) is 0 Å². The highest BCUT2D eigenvalue weighted by atomic mass is 32.2. The Balaban J connectivity index is 1.82. The Morgan fingerprint density at radius 1 is 1.27 bits per heavy atom. The Kier molecular flexibility index (Phi) is 7.06. The van der Waals surface area contributed by atoms with E-state index in [0.717, 1.165) is 11.3 Å². The third kappa shape index (κ3) is 5.58. The van der Waals surface area contributed by atoms with Gasteiger partial charge in [0.1, 0.15) is 0 Å². The van der Waals surface area contributed by atoms with E-state index in [4.69, 9.17) is 9.15 Å². The van der Waals surface area contributed by atoms with E-state index in [9.17, 15) is 4.79 Å². The summed E-state index contributed by atoms with van der Waals surface area (Å²) in [6.07, 6.45) is 3.81. The number of benzene rings is 1. The number of carbonyl (C=O) groups excluding carboxylic acids is 1. The Labute approximate surface area is 135 Å². The van der Waals surface area contributed by atoms with Gasteiger partial charge in [-0.15, -0.1) is 11.8 Å². The molecular formula is C17H21NO3S. The van der Waals surface area contributed by atoms with E-state index >= 15 is 0 Å². The van der Waals surface area contributed by atoms with Crippen molar-refractivity contribution in [3.63, 3.8) is 0 Å². The highest BCUT2D eigenvalue weighted by molar-refractivity contribution is 7.99. The first kappa shape index (κ1) is 16.6. The zero-order chi connectivity index (χ0) is 15.6. The molecule has 0 N–H and O–H groups in total. The number of nitrogens with zero attached hydrogens (tertiary/aromatic N) is 1. The van der Waals surface area contributed by atoms with Gasteiger partial charge in [-0.3, -0.25) is 4.79 Å². The van der Waals surface area contributed by atoms with E-state index < -0.39 is 0 Å². The van der Waals surface area contributed by atoms with Crippen LogP contribution in [-0.2, 0) is 16.1 Å². The third-order valence-corrected chi connectivity index (χ3v) is 4.21. The van der Waals surface area contributed by atoms with E-state index in [2.05, 4.69) is 12.1 Å². The van der Waals surface area contributed by atoms with Crippen molar-refractivity contribution < 1.29 is 13.9 Å². The molecule has 1 aromatic carbocycles. The van der Waals surface area contributed by atoms with Gasteiger partial charge in [-0.2, -0.15) is 0 Å². The van der Waals surface area contributed by atoms with Gasteiger partial charge in [0.05, 0.1) is 19.1 Å². The first-order valence-corrected chi connectivity index (χ1v) is 8.24. The second-order valence-electron chi connectivity index (χ2n) is 4.85. The molecule has 0 bridgehead atoms. The number of carbonyl (C=O) groups is 1. The summed E-state index contributed by atoms with van der Waals surface area (Å²) in [5, 5.41) is 0. The standard InChI is InChI=1S/C17H21NO3S/c1-20-11-9-18(13-15-7-10-21-14-15)17(19)8-12-22-16-5-3-2-4-6-16/h2-7,10,14H,8-9,11-13H2,1H3. The summed E-state index contributed by atoms with van der Waals surface area (Å²) in [4.78, 5) is 15.4. The van der Waals surface area contributed by atoms with Crippen LogP contribution in [0.3, 0.4) is 0 Å². The van der Waals surface area contributed by atoms with Crippen LogP contribution >= 0.6 is 11.8 Å². The second-order valence-corrected chi connectivity index (χ2v) is 6.02. The SMILES string of the molecule is COCCN(Cc1ccoc1)C(=O)CCSc1ccccc1. The number of hydrogen-bond acceptors (Lipinski definition) is 4. The summed E-state index contributed by atoms with van der Waals surface area (Å²) in [5.41, 5.74) is 1.00. The Bertz CT molecular complexity index is 542. The predicted molar refractivity (Wildman–Crippen MR) is 87.8 cm³/mol. The highest BCUT2D eigenvalue weighted by Gasteiger charge is 2.14. The minimum absolute atomic E-state index is 0.140. The van der Waals surface area contributed by atoms with Crippen LogP contribution < -0.4 is 0 Å². The largest absolute Gasteiger partial charge is 0.472 e. The molecule has 0 atom stereocenters. The van der Waals surface area contributed by atoms with Crippen molar-refractivity contribution in [3.05, 3.63) is 54.5 Å². The second kappa shape index (κ2) is 9.33. The van der Waals surface area contributed by atoms with Gasteiger partial charge >= 0.3 is 0 Å². The van der Waals surface area contributed by atoms with Crippen molar-refractivity contribution in [3.8, 4) is 0 Å². The molecule has 0 radical (unpaired) electrons. The number of methoxy groups -OCH3 is 1. The Morgan fingerprint density at radius 3 is 2.77 bits per heavy atom. The summed E-state index contributed by atoms with van der Waals surface area (Å²) in [7, 11) is 1.64. The van der Waals surface area contributed by atoms with E-state index in [-0.39, 0.29) is 5.91 Å². The fraction of sp³-hybridized carbons (Fsp3) is 0.353. The molecule has 0 aliphatic carbocycles. The van der Waals surface area contributed by atoms with Crippen molar-refractivity contribution in [1.82, 2.24) is 4.90 Å². The Hall–Kier alpha value is -1.72. The molecule has 1 aromatic heterocycles. The van der Waals surface area contributed by atoms with Crippen molar-refractivity contribution in [2.75, 3.05) is 26.0 Å². The lowest BCUT2D eigenvalue weighted by Gasteiger charge is -2.21. The fourth-order valence-electron chi connectivity index (χ4n) is 2.03. The van der Waals surface area contributed by atoms with Gasteiger partial charge in [0.25, 0.3) is 0 Å². The normalized spacial score (nSPS) is 10.6. The molecule has 1 heterocycles. The fourth-order valence-corrected chi connectivity index (χ4v) is 2.89. The first-order valence-electron chi connectivity index (χ1n) is 7.25. The molecule has 2 rings (SSSR count). The summed E-state index contributed by atoms with van der Waals surface area (Å²) >= 11 is 1.70. The van der Waals surface area contributed by atoms with E-state index in [1.807, 2.05) is 29.2 Å². The minimum Gasteiger partial charge on any atom is -0.472 e. The molecule has 0 fully saturated rings. The van der Waals surface area contributed by atoms with Crippen LogP contribution in [0.25, 0.3) is 0 Å². The number of thioether (sulfide) groups is 1. The van der Waals surface area contributed by atoms with E-state index in [1.165, 1.54) is 4.90 Å². The highest BCUT2D eigenvalue weighted by Crippen LogP contribution is 2.18. The van der Waals surface area contributed by atoms with E-state index in [0.29, 0.717) is 26.1 Å². The molecular weight excluding hydrogens is 298 g/mol. The van der Waals surface area contributed by atoms with Crippen molar-refractivity contribution in [1.29, 1.82) is 0 Å². The summed E-state index contributed by atoms with van der Waals surface area (Å²) in [6.45, 7) is 1.70. The zero-order valence-electron chi connectivity index (χ0n) is 12.7. The van der Waals surface area contributed by atoms with Crippen LogP contribution in [-0.4, -0.2) is 36.8 Å². The summed E-state index contributed by atoms with van der Waals surface area (Å²) in [6, 6.07) is 12.0. The van der Waals surface area contributed by atoms with Gasteiger partial charge in [-0.05, 0) is 18.2 Å². The monoisotopic (exact) mass is 319 g/mol. The first-order chi connectivity index (χ1) is 10.8. The van der Waals surface area contributed by atoms with Gasteiger partial charge < -0.3 is 14.1 Å². The third-order valence-electron chi connectivity index (χ3n) is 3.20. The van der Waals surface area contributed by atoms with Crippen molar-refractivity contribution >= 4 is 17.7 Å². The minimum atomic E-state index is 0.140. The van der Waals surface area contributed by atoms with Gasteiger partial charge in [0.2, 0.25) is 5.91 Å². The van der Waals surface area contributed by atoms with Crippen LogP contribution in [0.4, 0.5) is 0 Å². The van der Waals surface area contributed by atoms with Gasteiger partial charge in [0, 0.05) is 42.8 Å². The predicted octanol–water partition coefficient (Wildman–Crippen LogP) is 3.44. The van der Waals surface area contributed by atoms with Crippen molar-refractivity contribution in [2.45, 2.75) is 17.9 Å². The lowest BCUT2D eigenvalue weighted by Crippen LogP contribution is -2.33. The number of furan rings is 1. The number of hydrogen-bond donors (Lipinski definition) is 0. The number of amides is 1. The molecule has 0 saturated carbocycles. The quantitative estimate of drug-likeness (QED) is 0.664. The maximum absolute atomic E-state index is 12.4. The summed E-state index contributed by atoms with van der Waals surface area (Å²) in [5.74, 6) is 0.916. The molecule has 0 aliphatic rings. The average Bonchev–Trinajstić information content (AvgIpc) is 3.05. The maximum atomic E-state index is 12.4. The molecule has 118 valence electrons. The molecule has 0 saturated heterocycles. The lowest BCUT2D eigenvalue weighted by atomic mass is 10.3. The molecule has 22 heavy (non-hydrogen) atoms. The smallest absolute Gasteiger partial charge is 0.223 e. The van der Waals surface area contributed by atoms with Gasteiger partial charge in [-0.1, -0.05) is 18.2 Å². The van der Waals surface area contributed by atoms with Gasteiger partial charge in [0.15, 0.2) is 0 Å². The molecule has 2 aromatic rings. The van der Waals surface area contributed by atoms with Crippen LogP contribution in [0, 0.1) is 0 Å². The Morgan fingerprint density at radius 2 is 2.09 bits per heavy atom. The lowest BCUT2D eigenvalue weighted by molar-refractivity contribution is -0.132. The number of rotatable bonds is 9. The molecule has 4 nitrogen and oxygen atoms in total. The van der Waals surface area contributed by atoms with Crippen LogP contribution in [0.15, 0.2) is 58.2 Å². The van der Waals surface area contributed by atoms with Crippen LogP contribution in [0.2, 0.25) is 0 Å². The maximum Gasteiger partial charge on any atom is 0.223 e. The molecule has 5 heteroatoms. The topological polar surface area (TPSA) is 42.7 Å². The molecule has 1 amide bonds. The zero-order valence-corrected chi connectivity index (χ0v) is 13.6. The van der Waals surface area contributed by atoms with Crippen molar-refractivity contribution in [2.24, 2.45) is 0 Å². The molecule has 0 unspecified atom stereocenters. The molecule has 0 spiro atoms. The van der Waals surface area contributed by atoms with Crippen LogP contribution in [0.1, 0.15) is 12.0 Å². The number of ether oxygens (including phenoxy) is 1.